The molecule has 116 valence electrons. The van der Waals surface area contributed by atoms with E-state index in [0.29, 0.717) is 21.7 Å². The first kappa shape index (κ1) is 15.2. The number of halogens is 1. The molecular formula is C16H18ClN3O2. The van der Waals surface area contributed by atoms with Gasteiger partial charge in [0.15, 0.2) is 0 Å². The minimum atomic E-state index is -0.325. The summed E-state index contributed by atoms with van der Waals surface area (Å²) >= 11 is 6.12. The maximum absolute atomic E-state index is 12.6. The number of rotatable bonds is 3. The lowest BCUT2D eigenvalue weighted by Crippen LogP contribution is -2.26. The highest BCUT2D eigenvalue weighted by Gasteiger charge is 2.17. The van der Waals surface area contributed by atoms with Crippen molar-refractivity contribution >= 4 is 28.1 Å². The molecule has 0 unspecified atom stereocenters. The molecule has 2 aromatic heterocycles. The molecule has 0 aliphatic heterocycles. The van der Waals surface area contributed by atoms with Gasteiger partial charge in [-0.15, -0.1) is 0 Å². The highest BCUT2D eigenvalue weighted by Crippen LogP contribution is 2.30. The third-order valence-corrected chi connectivity index (χ3v) is 4.27. The lowest BCUT2D eigenvalue weighted by atomic mass is 9.96. The van der Waals surface area contributed by atoms with Crippen molar-refractivity contribution in [1.82, 2.24) is 14.5 Å². The highest BCUT2D eigenvalue weighted by atomic mass is 35.5. The van der Waals surface area contributed by atoms with Crippen molar-refractivity contribution in [2.45, 2.75) is 38.6 Å². The number of aromatic nitrogens is 3. The van der Waals surface area contributed by atoms with Gasteiger partial charge in [0.05, 0.1) is 30.1 Å². The predicted octanol–water partition coefficient (Wildman–Crippen LogP) is 2.96. The van der Waals surface area contributed by atoms with Crippen molar-refractivity contribution in [1.29, 1.82) is 0 Å². The Morgan fingerprint density at radius 2 is 2.27 bits per heavy atom. The molecule has 1 aliphatic carbocycles. The van der Waals surface area contributed by atoms with E-state index in [-0.39, 0.29) is 18.2 Å². The van der Waals surface area contributed by atoms with Crippen LogP contribution in [0.4, 0.5) is 0 Å². The van der Waals surface area contributed by atoms with Crippen molar-refractivity contribution in [3.8, 4) is 0 Å². The number of nitrogens with zero attached hydrogens (tertiary/aromatic N) is 3. The van der Waals surface area contributed by atoms with E-state index >= 15 is 0 Å². The van der Waals surface area contributed by atoms with Gasteiger partial charge in [0.2, 0.25) is 0 Å². The van der Waals surface area contributed by atoms with Crippen LogP contribution in [-0.2, 0) is 0 Å². The average Bonchev–Trinajstić information content (AvgIpc) is 2.55. The molecule has 0 aromatic carbocycles. The molecule has 0 radical (unpaired) electrons. The zero-order valence-corrected chi connectivity index (χ0v) is 13.2. The number of aliphatic hydroxyl groups is 1. The minimum Gasteiger partial charge on any atom is -0.394 e. The van der Waals surface area contributed by atoms with Gasteiger partial charge in [0.25, 0.3) is 5.56 Å². The monoisotopic (exact) mass is 319 g/mol. The Bertz CT molecular complexity index is 798. The van der Waals surface area contributed by atoms with Gasteiger partial charge in [-0.05, 0) is 44.2 Å². The second-order valence-electron chi connectivity index (χ2n) is 5.65. The molecule has 2 aromatic rings. The van der Waals surface area contributed by atoms with E-state index in [1.165, 1.54) is 17.3 Å². The first-order chi connectivity index (χ1) is 10.6. The van der Waals surface area contributed by atoms with Gasteiger partial charge in [0, 0.05) is 0 Å². The van der Waals surface area contributed by atoms with E-state index < -0.39 is 0 Å². The predicted molar refractivity (Wildman–Crippen MR) is 87.0 cm³/mol. The van der Waals surface area contributed by atoms with Crippen LogP contribution in [0.15, 0.2) is 23.3 Å². The van der Waals surface area contributed by atoms with Crippen LogP contribution < -0.4 is 5.56 Å². The molecule has 1 atom stereocenters. The number of hydrogen-bond donors (Lipinski definition) is 1. The third kappa shape index (κ3) is 2.66. The molecule has 0 fully saturated rings. The lowest BCUT2D eigenvalue weighted by molar-refractivity contribution is 0.236. The highest BCUT2D eigenvalue weighted by molar-refractivity contribution is 6.30. The van der Waals surface area contributed by atoms with Crippen LogP contribution in [-0.4, -0.2) is 26.2 Å². The second kappa shape index (κ2) is 6.18. The summed E-state index contributed by atoms with van der Waals surface area (Å²) in [6.07, 6.45) is 7.87. The molecule has 5 nitrogen and oxygen atoms in total. The number of allylic oxidation sites excluding steroid dienone is 2. The van der Waals surface area contributed by atoms with Crippen molar-refractivity contribution in [3.63, 3.8) is 0 Å². The summed E-state index contributed by atoms with van der Waals surface area (Å²) in [5.41, 5.74) is 2.21. The third-order valence-electron chi connectivity index (χ3n) is 4.07. The Hall–Kier alpha value is -1.72. The lowest BCUT2D eigenvalue weighted by Gasteiger charge is -2.16. The van der Waals surface area contributed by atoms with E-state index in [1.807, 2.05) is 0 Å². The van der Waals surface area contributed by atoms with Crippen LogP contribution >= 0.6 is 11.6 Å². The molecule has 1 N–H and O–H groups in total. The largest absolute Gasteiger partial charge is 0.394 e. The maximum Gasteiger partial charge on any atom is 0.261 e. The van der Waals surface area contributed by atoms with Crippen LogP contribution in [0.1, 0.15) is 44.3 Å². The molecule has 0 amide bonds. The molecule has 6 heteroatoms. The zero-order valence-electron chi connectivity index (χ0n) is 12.4. The molecule has 22 heavy (non-hydrogen) atoms. The van der Waals surface area contributed by atoms with Gasteiger partial charge in [-0.3, -0.25) is 9.36 Å². The van der Waals surface area contributed by atoms with Crippen LogP contribution in [0, 0.1) is 0 Å². The number of fused-ring (bicyclic) bond motifs is 1. The molecule has 0 spiro atoms. The fourth-order valence-corrected chi connectivity index (χ4v) is 2.98. The van der Waals surface area contributed by atoms with E-state index in [4.69, 9.17) is 11.6 Å². The van der Waals surface area contributed by atoms with E-state index in [2.05, 4.69) is 16.0 Å². The van der Waals surface area contributed by atoms with E-state index in [1.54, 1.807) is 13.0 Å². The summed E-state index contributed by atoms with van der Waals surface area (Å²) in [6.45, 7) is 1.65. The normalized spacial score (nSPS) is 16.6. The van der Waals surface area contributed by atoms with Crippen molar-refractivity contribution in [3.05, 3.63) is 39.7 Å². The molecule has 0 bridgehead atoms. The average molecular weight is 320 g/mol. The van der Waals surface area contributed by atoms with E-state index in [0.717, 1.165) is 24.8 Å². The Balaban J connectivity index is 2.25. The van der Waals surface area contributed by atoms with Gasteiger partial charge >= 0.3 is 0 Å². The summed E-state index contributed by atoms with van der Waals surface area (Å²) in [7, 11) is 0. The second-order valence-corrected chi connectivity index (χ2v) is 6.04. The fraction of sp³-hybridized carbons (Fsp3) is 0.438. The van der Waals surface area contributed by atoms with Crippen molar-refractivity contribution in [2.75, 3.05) is 6.61 Å². The van der Waals surface area contributed by atoms with Crippen molar-refractivity contribution < 1.29 is 5.11 Å². The standard InChI is InChI=1S/C16H18ClN3O2/c1-10(8-21)20-9-18-15-12(16(20)22)7-13(17)19-14(15)11-5-3-2-4-6-11/h5,7,9-10,21H,2-4,6,8H2,1H3/t10-/m0/s1. The summed E-state index contributed by atoms with van der Waals surface area (Å²) in [6, 6.07) is 1.23. The summed E-state index contributed by atoms with van der Waals surface area (Å²) < 4.78 is 1.43. The first-order valence-corrected chi connectivity index (χ1v) is 7.87. The summed E-state index contributed by atoms with van der Waals surface area (Å²) in [5, 5.41) is 10.0. The minimum absolute atomic E-state index is 0.121. The van der Waals surface area contributed by atoms with Gasteiger partial charge in [0.1, 0.15) is 10.7 Å². The Morgan fingerprint density at radius 1 is 1.45 bits per heavy atom. The molecule has 1 aliphatic rings. The Labute approximate surface area is 133 Å². The summed E-state index contributed by atoms with van der Waals surface area (Å²) in [4.78, 5) is 21.4. The number of aliphatic hydroxyl groups excluding tert-OH is 1. The van der Waals surface area contributed by atoms with Crippen molar-refractivity contribution in [2.24, 2.45) is 0 Å². The molecule has 0 saturated carbocycles. The fourth-order valence-electron chi connectivity index (χ4n) is 2.79. The quantitative estimate of drug-likeness (QED) is 0.883. The number of hydrogen-bond acceptors (Lipinski definition) is 4. The Kier molecular flexibility index (Phi) is 4.27. The molecular weight excluding hydrogens is 302 g/mol. The van der Waals surface area contributed by atoms with Crippen LogP contribution in [0.2, 0.25) is 5.15 Å². The SMILES string of the molecule is C[C@@H](CO)n1cnc2c(C3=CCCCC3)nc(Cl)cc2c1=O. The Morgan fingerprint density at radius 3 is 2.95 bits per heavy atom. The van der Waals surface area contributed by atoms with Crippen LogP contribution in [0.5, 0.6) is 0 Å². The van der Waals surface area contributed by atoms with Gasteiger partial charge < -0.3 is 5.11 Å². The molecule has 0 saturated heterocycles. The van der Waals surface area contributed by atoms with Gasteiger partial charge in [-0.2, -0.15) is 0 Å². The smallest absolute Gasteiger partial charge is 0.261 e. The topological polar surface area (TPSA) is 68.0 Å². The molecule has 2 heterocycles. The van der Waals surface area contributed by atoms with Crippen LogP contribution in [0.25, 0.3) is 16.5 Å². The zero-order chi connectivity index (χ0) is 15.7. The van der Waals surface area contributed by atoms with Crippen LogP contribution in [0.3, 0.4) is 0 Å². The van der Waals surface area contributed by atoms with Gasteiger partial charge in [-0.25, -0.2) is 9.97 Å². The first-order valence-electron chi connectivity index (χ1n) is 7.49. The van der Waals surface area contributed by atoms with Gasteiger partial charge in [-0.1, -0.05) is 17.7 Å². The molecule has 3 rings (SSSR count). The number of pyridine rings is 1. The van der Waals surface area contributed by atoms with E-state index in [9.17, 15) is 9.90 Å². The maximum atomic E-state index is 12.6. The summed E-state index contributed by atoms with van der Waals surface area (Å²) in [5.74, 6) is 0.